The summed E-state index contributed by atoms with van der Waals surface area (Å²) in [7, 11) is 0. The number of carbonyl (C=O) groups is 1. The van der Waals surface area contributed by atoms with Crippen LogP contribution in [0.25, 0.3) is 11.0 Å². The highest BCUT2D eigenvalue weighted by Crippen LogP contribution is 2.46. The van der Waals surface area contributed by atoms with E-state index in [1.165, 1.54) is 24.3 Å². The zero-order chi connectivity index (χ0) is 22.5. The fourth-order valence-corrected chi connectivity index (χ4v) is 4.28. The van der Waals surface area contributed by atoms with Gasteiger partial charge in [-0.3, -0.25) is 4.79 Å². The Labute approximate surface area is 186 Å². The fraction of sp³-hybridized carbons (Fsp3) is 0.120. The Bertz CT molecular complexity index is 1460. The molecule has 0 spiro atoms. The summed E-state index contributed by atoms with van der Waals surface area (Å²) in [6.45, 7) is 0.0950. The summed E-state index contributed by atoms with van der Waals surface area (Å²) >= 11 is 0. The average Bonchev–Trinajstić information content (AvgIpc) is 3.45. The number of anilines is 1. The summed E-state index contributed by atoms with van der Waals surface area (Å²) in [5.74, 6) is -0.247. The Hall–Kier alpha value is -4.33. The first-order chi connectivity index (χ1) is 16.1. The van der Waals surface area contributed by atoms with Gasteiger partial charge in [0.1, 0.15) is 17.1 Å². The van der Waals surface area contributed by atoms with E-state index in [1.807, 2.05) is 0 Å². The number of amides is 1. The van der Waals surface area contributed by atoms with Gasteiger partial charge in [-0.25, -0.2) is 9.18 Å². The smallest absolute Gasteiger partial charge is 0.344 e. The van der Waals surface area contributed by atoms with Crippen LogP contribution < -0.4 is 25.2 Å². The second kappa shape index (κ2) is 7.37. The van der Waals surface area contributed by atoms with Gasteiger partial charge in [-0.05, 0) is 54.1 Å². The molecule has 3 heterocycles. The quantitative estimate of drug-likeness (QED) is 0.476. The molecule has 164 valence electrons. The lowest BCUT2D eigenvalue weighted by atomic mass is 9.88. The molecule has 2 aliphatic heterocycles. The van der Waals surface area contributed by atoms with Crippen molar-refractivity contribution in [1.29, 1.82) is 0 Å². The molecule has 1 aromatic heterocycles. The molecule has 0 bridgehead atoms. The summed E-state index contributed by atoms with van der Waals surface area (Å²) in [6.07, 6.45) is -1.07. The number of fused-ring (bicyclic) bond motifs is 4. The van der Waals surface area contributed by atoms with E-state index in [-0.39, 0.29) is 12.4 Å². The predicted molar refractivity (Wildman–Crippen MR) is 116 cm³/mol. The molecule has 0 radical (unpaired) electrons. The molecule has 0 fully saturated rings. The van der Waals surface area contributed by atoms with Gasteiger partial charge in [-0.1, -0.05) is 18.2 Å². The molecule has 8 heteroatoms. The monoisotopic (exact) mass is 445 g/mol. The van der Waals surface area contributed by atoms with Crippen molar-refractivity contribution >= 4 is 22.6 Å². The zero-order valence-electron chi connectivity index (χ0n) is 17.0. The highest BCUT2D eigenvalue weighted by molar-refractivity contribution is 5.97. The Morgan fingerprint density at radius 1 is 0.970 bits per heavy atom. The van der Waals surface area contributed by atoms with Crippen molar-refractivity contribution in [3.05, 3.63) is 94.1 Å². The van der Waals surface area contributed by atoms with Gasteiger partial charge >= 0.3 is 5.63 Å². The standard InChI is InChI=1S/C25H16FNO6/c26-14-6-8-15(9-7-14)27-24(28)23-20(13-5-10-18-19(11-13)31-12-30-18)21-22(33-23)16-3-1-2-4-17(16)32-25(21)29/h1-11,20,23H,12H2,(H,27,28)/t20-,23+/m1/s1. The number of halogens is 1. The van der Waals surface area contributed by atoms with E-state index in [0.717, 1.165) is 0 Å². The van der Waals surface area contributed by atoms with E-state index in [1.54, 1.807) is 42.5 Å². The molecule has 2 aliphatic rings. The van der Waals surface area contributed by atoms with Crippen LogP contribution in [0.5, 0.6) is 17.2 Å². The number of benzene rings is 3. The maximum absolute atomic E-state index is 13.3. The van der Waals surface area contributed by atoms with Crippen LogP contribution in [0.2, 0.25) is 0 Å². The molecule has 0 saturated heterocycles. The highest BCUT2D eigenvalue weighted by Gasteiger charge is 2.44. The van der Waals surface area contributed by atoms with Crippen LogP contribution >= 0.6 is 0 Å². The Balaban J connectivity index is 1.48. The minimum atomic E-state index is -1.07. The van der Waals surface area contributed by atoms with Gasteiger partial charge in [-0.2, -0.15) is 0 Å². The van der Waals surface area contributed by atoms with Gasteiger partial charge in [0.2, 0.25) is 6.79 Å². The lowest BCUT2D eigenvalue weighted by Crippen LogP contribution is -2.35. The third-order valence-corrected chi connectivity index (χ3v) is 5.78. The first-order valence-corrected chi connectivity index (χ1v) is 10.3. The van der Waals surface area contributed by atoms with E-state index in [4.69, 9.17) is 18.6 Å². The maximum Gasteiger partial charge on any atom is 0.344 e. The number of hydrogen-bond donors (Lipinski definition) is 1. The van der Waals surface area contributed by atoms with E-state index >= 15 is 0 Å². The number of carbonyl (C=O) groups excluding carboxylic acids is 1. The topological polar surface area (TPSA) is 87.0 Å². The van der Waals surface area contributed by atoms with Crippen LogP contribution in [0.4, 0.5) is 10.1 Å². The molecule has 0 saturated carbocycles. The molecule has 33 heavy (non-hydrogen) atoms. The molecule has 6 rings (SSSR count). The molecular formula is C25H16FNO6. The van der Waals surface area contributed by atoms with E-state index in [2.05, 4.69) is 5.32 Å². The number of hydrogen-bond acceptors (Lipinski definition) is 6. The molecule has 7 nitrogen and oxygen atoms in total. The minimum Gasteiger partial charge on any atom is -0.478 e. The fourth-order valence-electron chi connectivity index (χ4n) is 4.28. The van der Waals surface area contributed by atoms with Crippen molar-refractivity contribution in [2.75, 3.05) is 12.1 Å². The number of nitrogens with one attached hydrogen (secondary N) is 1. The lowest BCUT2D eigenvalue weighted by molar-refractivity contribution is -0.122. The van der Waals surface area contributed by atoms with E-state index in [0.29, 0.717) is 39.5 Å². The maximum atomic E-state index is 13.3. The molecule has 1 N–H and O–H groups in total. The molecular weight excluding hydrogens is 429 g/mol. The van der Waals surface area contributed by atoms with Crippen LogP contribution in [0, 0.1) is 5.82 Å². The van der Waals surface area contributed by atoms with Crippen molar-refractivity contribution in [2.24, 2.45) is 0 Å². The summed E-state index contributed by atoms with van der Waals surface area (Å²) in [5.41, 5.74) is 1.09. The first-order valence-electron chi connectivity index (χ1n) is 10.3. The largest absolute Gasteiger partial charge is 0.478 e. The van der Waals surface area contributed by atoms with Gasteiger partial charge in [-0.15, -0.1) is 0 Å². The van der Waals surface area contributed by atoms with Crippen molar-refractivity contribution in [1.82, 2.24) is 0 Å². The number of rotatable bonds is 3. The van der Waals surface area contributed by atoms with Crippen LogP contribution in [-0.4, -0.2) is 18.8 Å². The first kappa shape index (κ1) is 19.4. The molecule has 0 unspecified atom stereocenters. The second-order valence-corrected chi connectivity index (χ2v) is 7.75. The number of para-hydroxylation sites is 1. The van der Waals surface area contributed by atoms with Crippen molar-refractivity contribution in [3.8, 4) is 17.2 Å². The molecule has 0 aliphatic carbocycles. The predicted octanol–water partition coefficient (Wildman–Crippen LogP) is 4.19. The Morgan fingerprint density at radius 2 is 1.76 bits per heavy atom. The van der Waals surface area contributed by atoms with Crippen LogP contribution in [0.3, 0.4) is 0 Å². The third-order valence-electron chi connectivity index (χ3n) is 5.78. The molecule has 4 aromatic rings. The van der Waals surface area contributed by atoms with Gasteiger partial charge in [0, 0.05) is 5.69 Å². The van der Waals surface area contributed by atoms with Crippen LogP contribution in [0.1, 0.15) is 17.0 Å². The second-order valence-electron chi connectivity index (χ2n) is 7.75. The van der Waals surface area contributed by atoms with E-state index < -0.39 is 29.4 Å². The normalized spacial score (nSPS) is 18.1. The number of ether oxygens (including phenoxy) is 3. The third kappa shape index (κ3) is 3.18. The van der Waals surface area contributed by atoms with Gasteiger partial charge in [0.05, 0.1) is 16.9 Å². The molecule has 1 amide bonds. The molecule has 3 aromatic carbocycles. The Kier molecular flexibility index (Phi) is 4.33. The average molecular weight is 445 g/mol. The van der Waals surface area contributed by atoms with Gasteiger partial charge in [0.25, 0.3) is 5.91 Å². The highest BCUT2D eigenvalue weighted by atomic mass is 19.1. The van der Waals surface area contributed by atoms with Crippen molar-refractivity contribution in [2.45, 2.75) is 12.0 Å². The lowest BCUT2D eigenvalue weighted by Gasteiger charge is -2.19. The van der Waals surface area contributed by atoms with Crippen LogP contribution in [-0.2, 0) is 4.79 Å². The molecule has 2 atom stereocenters. The summed E-state index contributed by atoms with van der Waals surface area (Å²) < 4.78 is 35.8. The minimum absolute atomic E-state index is 0.0950. The Morgan fingerprint density at radius 3 is 2.61 bits per heavy atom. The SMILES string of the molecule is O=C(Nc1ccc(F)cc1)[C@H]1Oc2c(c(=O)oc3ccccc23)[C@H]1c1ccc2c(c1)OCO2. The summed E-state index contributed by atoms with van der Waals surface area (Å²) in [6, 6.07) is 17.6. The van der Waals surface area contributed by atoms with Crippen molar-refractivity contribution < 1.29 is 27.8 Å². The van der Waals surface area contributed by atoms with Gasteiger partial charge in [0.15, 0.2) is 17.6 Å². The van der Waals surface area contributed by atoms with Crippen molar-refractivity contribution in [3.63, 3.8) is 0 Å². The van der Waals surface area contributed by atoms with Gasteiger partial charge < -0.3 is 23.9 Å². The summed E-state index contributed by atoms with van der Waals surface area (Å²) in [4.78, 5) is 26.3. The summed E-state index contributed by atoms with van der Waals surface area (Å²) in [5, 5.41) is 3.34. The zero-order valence-corrected chi connectivity index (χ0v) is 17.0. The van der Waals surface area contributed by atoms with Crippen LogP contribution in [0.15, 0.2) is 75.9 Å². The van der Waals surface area contributed by atoms with E-state index in [9.17, 15) is 14.0 Å².